The molecule has 0 unspecified atom stereocenters. The second-order valence-corrected chi connectivity index (χ2v) is 22.9. The number of allylic oxidation sites excluding steroid dienone is 2. The van der Waals surface area contributed by atoms with Gasteiger partial charge in [-0.15, -0.1) is 95.4 Å². The Labute approximate surface area is 283 Å². The van der Waals surface area contributed by atoms with E-state index in [0.717, 1.165) is 36.4 Å². The number of benzene rings is 2. The third kappa shape index (κ3) is 9.05. The van der Waals surface area contributed by atoms with E-state index in [1.54, 1.807) is 0 Å². The molecule has 0 spiro atoms. The number of hydrogen-bond donors (Lipinski definition) is 0. The van der Waals surface area contributed by atoms with Crippen LogP contribution in [0.3, 0.4) is 0 Å². The van der Waals surface area contributed by atoms with E-state index in [2.05, 4.69) is 141 Å². The van der Waals surface area contributed by atoms with Gasteiger partial charge in [-0.25, -0.2) is 0 Å². The summed E-state index contributed by atoms with van der Waals surface area (Å²) < 4.78 is 13.4. The maximum Gasteiger partial charge on any atom is 2.00 e. The van der Waals surface area contributed by atoms with Crippen LogP contribution in [0, 0.1) is 0 Å². The third-order valence-electron chi connectivity index (χ3n) is 9.19. The molecule has 0 aliphatic carbocycles. The maximum atomic E-state index is 6.70. The standard InChI is InChI=1S/2C19H27OSi.Zr/c2*1-6-7-12-21(15(2)3,16(4)5)20-19-13-17-10-8-9-11-18(17)14-19;/h2*6,8-11,13-16H,1,7,12H2,2-5H3;/q2*-1;+2. The maximum absolute atomic E-state index is 6.70. The van der Waals surface area contributed by atoms with E-state index in [1.165, 1.54) is 21.5 Å². The van der Waals surface area contributed by atoms with Gasteiger partial charge in [0.25, 0.3) is 16.6 Å². The Morgan fingerprint density at radius 1 is 0.605 bits per heavy atom. The largest absolute Gasteiger partial charge is 2.00 e. The van der Waals surface area contributed by atoms with Gasteiger partial charge >= 0.3 is 26.2 Å². The van der Waals surface area contributed by atoms with Crippen LogP contribution in [0.2, 0.25) is 34.3 Å². The summed E-state index contributed by atoms with van der Waals surface area (Å²) in [5, 5.41) is 5.08. The van der Waals surface area contributed by atoms with Crippen molar-refractivity contribution in [3.8, 4) is 11.5 Å². The first-order valence-corrected chi connectivity index (χ1v) is 20.4. The zero-order valence-electron chi connectivity index (χ0n) is 28.0. The Hall–Kier alpha value is -1.94. The number of rotatable bonds is 14. The van der Waals surface area contributed by atoms with Crippen LogP contribution >= 0.6 is 0 Å². The quantitative estimate of drug-likeness (QED) is 0.0745. The molecule has 0 bridgehead atoms. The third-order valence-corrected chi connectivity index (χ3v) is 20.4. The first-order valence-electron chi connectivity index (χ1n) is 15.9. The minimum Gasteiger partial charge on any atom is -0.558 e. The van der Waals surface area contributed by atoms with E-state index < -0.39 is 16.6 Å². The fourth-order valence-electron chi connectivity index (χ4n) is 6.52. The molecule has 5 heteroatoms. The van der Waals surface area contributed by atoms with Crippen molar-refractivity contribution in [3.05, 3.63) is 98.1 Å². The summed E-state index contributed by atoms with van der Waals surface area (Å²) in [6, 6.07) is 28.0. The van der Waals surface area contributed by atoms with Crippen molar-refractivity contribution in [2.24, 2.45) is 0 Å². The molecule has 0 radical (unpaired) electrons. The molecular weight excluding hydrogens is 636 g/mol. The molecule has 0 aromatic heterocycles. The molecule has 230 valence electrons. The summed E-state index contributed by atoms with van der Waals surface area (Å²) in [5.41, 5.74) is 2.37. The molecule has 0 fully saturated rings. The second-order valence-electron chi connectivity index (χ2n) is 13.0. The van der Waals surface area contributed by atoms with Gasteiger partial charge < -0.3 is 8.85 Å². The molecule has 0 aliphatic rings. The van der Waals surface area contributed by atoms with E-state index in [0.29, 0.717) is 22.2 Å². The Kier molecular flexibility index (Phi) is 14.7. The first-order chi connectivity index (χ1) is 20.0. The van der Waals surface area contributed by atoms with Crippen molar-refractivity contribution in [2.45, 2.75) is 102 Å². The summed E-state index contributed by atoms with van der Waals surface area (Å²) in [7, 11) is -3.69. The number of hydrogen-bond acceptors (Lipinski definition) is 2. The molecule has 0 amide bonds. The fourth-order valence-corrected chi connectivity index (χ4v) is 15.1. The fraction of sp³-hybridized carbons (Fsp3) is 0.421. The molecule has 0 saturated carbocycles. The van der Waals surface area contributed by atoms with Crippen molar-refractivity contribution in [3.63, 3.8) is 0 Å². The predicted molar refractivity (Wildman–Crippen MR) is 191 cm³/mol. The Morgan fingerprint density at radius 3 is 1.21 bits per heavy atom. The van der Waals surface area contributed by atoms with Crippen LogP contribution in [0.25, 0.3) is 21.5 Å². The summed E-state index contributed by atoms with van der Waals surface area (Å²) >= 11 is 0. The summed E-state index contributed by atoms with van der Waals surface area (Å²) in [5.74, 6) is 2.10. The van der Waals surface area contributed by atoms with Gasteiger partial charge in [0.1, 0.15) is 0 Å². The Morgan fingerprint density at radius 2 is 0.930 bits per heavy atom. The molecule has 0 aliphatic heterocycles. The Bertz CT molecular complexity index is 1220. The second kappa shape index (κ2) is 16.9. The summed E-state index contributed by atoms with van der Waals surface area (Å²) in [6.07, 6.45) is 6.14. The monoisotopic (exact) mass is 688 g/mol. The van der Waals surface area contributed by atoms with Gasteiger partial charge in [-0.3, -0.25) is 0 Å². The van der Waals surface area contributed by atoms with E-state index >= 15 is 0 Å². The molecular formula is C38H54O2Si2Zr. The van der Waals surface area contributed by atoms with Crippen molar-refractivity contribution in [2.75, 3.05) is 0 Å². The van der Waals surface area contributed by atoms with Gasteiger partial charge in [0.15, 0.2) is 0 Å². The minimum absolute atomic E-state index is 0. The molecule has 4 rings (SSSR count). The molecule has 0 heterocycles. The zero-order valence-corrected chi connectivity index (χ0v) is 32.4. The normalized spacial score (nSPS) is 12.0. The zero-order chi connectivity index (χ0) is 30.9. The average Bonchev–Trinajstić information content (AvgIpc) is 3.55. The van der Waals surface area contributed by atoms with Gasteiger partial charge in [0.05, 0.1) is 0 Å². The van der Waals surface area contributed by atoms with Gasteiger partial charge in [-0.2, -0.15) is 0 Å². The molecule has 0 atom stereocenters. The predicted octanol–water partition coefficient (Wildman–Crippen LogP) is 12.6. The van der Waals surface area contributed by atoms with Crippen LogP contribution < -0.4 is 8.85 Å². The van der Waals surface area contributed by atoms with Gasteiger partial charge in [-0.05, 0) is 47.1 Å². The van der Waals surface area contributed by atoms with Gasteiger partial charge in [0.2, 0.25) is 0 Å². The van der Waals surface area contributed by atoms with Crippen LogP contribution in [0.15, 0.2) is 98.1 Å². The average molecular weight is 690 g/mol. The van der Waals surface area contributed by atoms with Crippen LogP contribution in [0.5, 0.6) is 11.5 Å². The van der Waals surface area contributed by atoms with E-state index in [-0.39, 0.29) is 26.2 Å². The van der Waals surface area contributed by atoms with Crippen LogP contribution in [0.4, 0.5) is 0 Å². The Balaban J connectivity index is 0.000000293. The molecule has 2 nitrogen and oxygen atoms in total. The van der Waals surface area contributed by atoms with Gasteiger partial charge in [-0.1, -0.05) is 79.7 Å². The van der Waals surface area contributed by atoms with E-state index in [4.69, 9.17) is 8.85 Å². The van der Waals surface area contributed by atoms with Crippen molar-refractivity contribution in [1.82, 2.24) is 0 Å². The van der Waals surface area contributed by atoms with E-state index in [1.807, 2.05) is 12.2 Å². The van der Waals surface area contributed by atoms with E-state index in [9.17, 15) is 0 Å². The smallest absolute Gasteiger partial charge is 0.558 e. The van der Waals surface area contributed by atoms with Crippen LogP contribution in [0.1, 0.15) is 68.2 Å². The molecule has 4 aromatic carbocycles. The van der Waals surface area contributed by atoms with Crippen molar-refractivity contribution >= 4 is 38.2 Å². The summed E-state index contributed by atoms with van der Waals surface area (Å²) in [6.45, 7) is 26.3. The molecule has 43 heavy (non-hydrogen) atoms. The summed E-state index contributed by atoms with van der Waals surface area (Å²) in [4.78, 5) is 0. The molecule has 4 aromatic rings. The molecule has 0 N–H and O–H groups in total. The van der Waals surface area contributed by atoms with Crippen molar-refractivity contribution < 1.29 is 35.1 Å². The minimum atomic E-state index is -1.85. The van der Waals surface area contributed by atoms with Crippen LogP contribution in [-0.2, 0) is 26.2 Å². The molecule has 0 saturated heterocycles. The topological polar surface area (TPSA) is 18.5 Å². The number of fused-ring (bicyclic) bond motifs is 2. The van der Waals surface area contributed by atoms with Gasteiger partial charge in [0, 0.05) is 11.5 Å². The van der Waals surface area contributed by atoms with Crippen LogP contribution in [-0.4, -0.2) is 16.6 Å². The SMILES string of the molecule is C=CCC[Si](Oc1cc2ccccc2[cH-]1)(C(C)C)C(C)C.C=CCC[Si](Oc1cc2ccccc2[cH-]1)(C(C)C)C(C)C.[Zr+2]. The van der Waals surface area contributed by atoms with Crippen molar-refractivity contribution in [1.29, 1.82) is 0 Å². The first kappa shape index (κ1) is 37.2.